The number of aliphatic hydroxyl groups excluding tert-OH is 1. The Balaban J connectivity index is 0.00000110. The molecule has 0 heterocycles. The average Bonchev–Trinajstić information content (AvgIpc) is 2.41. The summed E-state index contributed by atoms with van der Waals surface area (Å²) in [7, 11) is 0. The second kappa shape index (κ2) is 9.62. The third-order valence-electron chi connectivity index (χ3n) is 2.14. The molecule has 7 nitrogen and oxygen atoms in total. The molecule has 0 spiro atoms. The minimum Gasteiger partial charge on any atom is -0.465 e. The van der Waals surface area contributed by atoms with Gasteiger partial charge in [0.2, 0.25) is 0 Å². The topological polar surface area (TPSA) is 107 Å². The van der Waals surface area contributed by atoms with Crippen LogP contribution in [0.3, 0.4) is 0 Å². The van der Waals surface area contributed by atoms with Crippen molar-refractivity contribution >= 4 is 17.9 Å². The number of carbonyl (C=O) groups is 2. The first-order chi connectivity index (χ1) is 9.51. The molecule has 1 aromatic rings. The maximum Gasteiger partial charge on any atom is 0.320 e. The SMILES string of the molecule is CCO.CCOC(=O)C(C=O)c1ccc([N+](=O)[O-])cc1. The van der Waals surface area contributed by atoms with Crippen LogP contribution in [0.15, 0.2) is 24.3 Å². The Kier molecular flexibility index (Phi) is 8.53. The molecule has 0 fully saturated rings. The molecule has 0 amide bonds. The second-order valence-electron chi connectivity index (χ2n) is 3.53. The molecule has 1 aromatic carbocycles. The van der Waals surface area contributed by atoms with Gasteiger partial charge in [0.05, 0.1) is 11.5 Å². The van der Waals surface area contributed by atoms with Gasteiger partial charge in [0.15, 0.2) is 0 Å². The number of aldehydes is 1. The normalized spacial score (nSPS) is 10.8. The van der Waals surface area contributed by atoms with Gasteiger partial charge in [-0.25, -0.2) is 0 Å². The number of aliphatic hydroxyl groups is 1. The molecule has 1 rings (SSSR count). The van der Waals surface area contributed by atoms with Crippen molar-refractivity contribution in [3.8, 4) is 0 Å². The van der Waals surface area contributed by atoms with Crippen molar-refractivity contribution in [1.82, 2.24) is 0 Å². The molecule has 0 aromatic heterocycles. The second-order valence-corrected chi connectivity index (χ2v) is 3.53. The summed E-state index contributed by atoms with van der Waals surface area (Å²) in [4.78, 5) is 32.1. The lowest BCUT2D eigenvalue weighted by Gasteiger charge is -2.09. The number of carbonyl (C=O) groups excluding carboxylic acids is 2. The van der Waals surface area contributed by atoms with Crippen LogP contribution in [0.1, 0.15) is 25.3 Å². The molecule has 20 heavy (non-hydrogen) atoms. The van der Waals surface area contributed by atoms with E-state index in [2.05, 4.69) is 0 Å². The van der Waals surface area contributed by atoms with Crippen LogP contribution in [0.25, 0.3) is 0 Å². The van der Waals surface area contributed by atoms with Crippen LogP contribution in [0.2, 0.25) is 0 Å². The molecule has 0 saturated heterocycles. The van der Waals surface area contributed by atoms with Crippen LogP contribution in [0.4, 0.5) is 5.69 Å². The lowest BCUT2D eigenvalue weighted by molar-refractivity contribution is -0.384. The van der Waals surface area contributed by atoms with Gasteiger partial charge in [0.1, 0.15) is 12.2 Å². The van der Waals surface area contributed by atoms with Crippen LogP contribution < -0.4 is 0 Å². The number of nitro benzene ring substituents is 1. The first-order valence-corrected chi connectivity index (χ1v) is 5.98. The number of hydrogen-bond acceptors (Lipinski definition) is 6. The first-order valence-electron chi connectivity index (χ1n) is 5.98. The van der Waals surface area contributed by atoms with Gasteiger partial charge in [-0.2, -0.15) is 0 Å². The van der Waals surface area contributed by atoms with Crippen molar-refractivity contribution in [3.63, 3.8) is 0 Å². The Bertz CT molecular complexity index is 443. The van der Waals surface area contributed by atoms with Gasteiger partial charge in [0, 0.05) is 18.7 Å². The van der Waals surface area contributed by atoms with E-state index in [0.29, 0.717) is 11.8 Å². The Hall–Kier alpha value is -2.28. The third-order valence-corrected chi connectivity index (χ3v) is 2.14. The molecule has 0 saturated carbocycles. The van der Waals surface area contributed by atoms with Gasteiger partial charge >= 0.3 is 5.97 Å². The summed E-state index contributed by atoms with van der Waals surface area (Å²) >= 11 is 0. The van der Waals surface area contributed by atoms with Crippen LogP contribution in [0, 0.1) is 10.1 Å². The van der Waals surface area contributed by atoms with E-state index < -0.39 is 16.8 Å². The third kappa shape index (κ3) is 5.57. The molecule has 0 aliphatic rings. The molecular formula is C13H17NO6. The Morgan fingerprint density at radius 1 is 1.40 bits per heavy atom. The average molecular weight is 283 g/mol. The van der Waals surface area contributed by atoms with E-state index in [1.165, 1.54) is 24.3 Å². The molecule has 1 atom stereocenters. The van der Waals surface area contributed by atoms with E-state index in [-0.39, 0.29) is 18.9 Å². The summed E-state index contributed by atoms with van der Waals surface area (Å²) < 4.78 is 4.72. The quantitative estimate of drug-likeness (QED) is 0.288. The van der Waals surface area contributed by atoms with Gasteiger partial charge in [-0.3, -0.25) is 14.9 Å². The van der Waals surface area contributed by atoms with Crippen molar-refractivity contribution in [2.45, 2.75) is 19.8 Å². The van der Waals surface area contributed by atoms with Crippen LogP contribution >= 0.6 is 0 Å². The molecule has 0 radical (unpaired) electrons. The van der Waals surface area contributed by atoms with Crippen molar-refractivity contribution in [3.05, 3.63) is 39.9 Å². The van der Waals surface area contributed by atoms with E-state index in [4.69, 9.17) is 9.84 Å². The number of benzene rings is 1. The number of hydrogen-bond donors (Lipinski definition) is 1. The molecule has 7 heteroatoms. The monoisotopic (exact) mass is 283 g/mol. The summed E-state index contributed by atoms with van der Waals surface area (Å²) in [5.74, 6) is -1.69. The van der Waals surface area contributed by atoms with Gasteiger partial charge < -0.3 is 14.6 Å². The summed E-state index contributed by atoms with van der Waals surface area (Å²) in [6.45, 7) is 3.74. The van der Waals surface area contributed by atoms with Crippen LogP contribution in [0.5, 0.6) is 0 Å². The van der Waals surface area contributed by atoms with Crippen LogP contribution in [-0.4, -0.2) is 35.5 Å². The van der Waals surface area contributed by atoms with Crippen molar-refractivity contribution in [2.24, 2.45) is 0 Å². The highest BCUT2D eigenvalue weighted by Crippen LogP contribution is 2.19. The van der Waals surface area contributed by atoms with Gasteiger partial charge in [-0.05, 0) is 19.4 Å². The number of esters is 1. The molecular weight excluding hydrogens is 266 g/mol. The van der Waals surface area contributed by atoms with E-state index in [9.17, 15) is 19.7 Å². The maximum absolute atomic E-state index is 11.4. The standard InChI is InChI=1S/C11H11NO5.C2H6O/c1-2-17-11(14)10(7-13)8-3-5-9(6-4-8)12(15)16;1-2-3/h3-7,10H,2H2,1H3;3H,2H2,1H3. The maximum atomic E-state index is 11.4. The zero-order chi connectivity index (χ0) is 15.5. The zero-order valence-corrected chi connectivity index (χ0v) is 11.3. The summed E-state index contributed by atoms with van der Waals surface area (Å²) in [5, 5.41) is 18.0. The van der Waals surface area contributed by atoms with Gasteiger partial charge in [0.25, 0.3) is 5.69 Å². The zero-order valence-electron chi connectivity index (χ0n) is 11.3. The summed E-state index contributed by atoms with van der Waals surface area (Å²) in [6, 6.07) is 5.22. The fourth-order valence-corrected chi connectivity index (χ4v) is 1.31. The summed E-state index contributed by atoms with van der Waals surface area (Å²) in [6.07, 6.45) is 0.458. The Morgan fingerprint density at radius 2 is 1.90 bits per heavy atom. The highest BCUT2D eigenvalue weighted by molar-refractivity contribution is 5.94. The number of non-ortho nitro benzene ring substituents is 1. The number of ether oxygens (including phenoxy) is 1. The number of rotatable bonds is 5. The van der Waals surface area contributed by atoms with Crippen molar-refractivity contribution in [1.29, 1.82) is 0 Å². The largest absolute Gasteiger partial charge is 0.465 e. The molecule has 1 unspecified atom stereocenters. The Morgan fingerprint density at radius 3 is 2.25 bits per heavy atom. The fraction of sp³-hybridized carbons (Fsp3) is 0.385. The minimum atomic E-state index is -1.03. The van der Waals surface area contributed by atoms with E-state index >= 15 is 0 Å². The lowest BCUT2D eigenvalue weighted by atomic mass is 10.0. The molecule has 1 N–H and O–H groups in total. The fourth-order valence-electron chi connectivity index (χ4n) is 1.31. The number of nitro groups is 1. The summed E-state index contributed by atoms with van der Waals surface area (Å²) in [5.41, 5.74) is 0.284. The molecule has 0 aliphatic carbocycles. The molecule has 0 bridgehead atoms. The predicted molar refractivity (Wildman–Crippen MR) is 71.3 cm³/mol. The lowest BCUT2D eigenvalue weighted by Crippen LogP contribution is -2.17. The minimum absolute atomic E-state index is 0.0951. The van der Waals surface area contributed by atoms with E-state index in [0.717, 1.165) is 0 Å². The predicted octanol–water partition coefficient (Wildman–Crippen LogP) is 1.44. The van der Waals surface area contributed by atoms with Gasteiger partial charge in [-0.1, -0.05) is 12.1 Å². The van der Waals surface area contributed by atoms with Crippen LogP contribution in [-0.2, 0) is 14.3 Å². The van der Waals surface area contributed by atoms with Crippen molar-refractivity contribution in [2.75, 3.05) is 13.2 Å². The smallest absolute Gasteiger partial charge is 0.320 e. The van der Waals surface area contributed by atoms with Crippen molar-refractivity contribution < 1.29 is 24.4 Å². The highest BCUT2D eigenvalue weighted by atomic mass is 16.6. The Labute approximate surface area is 116 Å². The molecule has 110 valence electrons. The molecule has 0 aliphatic heterocycles. The van der Waals surface area contributed by atoms with E-state index in [1.807, 2.05) is 0 Å². The first kappa shape index (κ1) is 17.7. The highest BCUT2D eigenvalue weighted by Gasteiger charge is 2.21. The van der Waals surface area contributed by atoms with Gasteiger partial charge in [-0.15, -0.1) is 0 Å². The van der Waals surface area contributed by atoms with E-state index in [1.54, 1.807) is 13.8 Å². The number of nitrogens with zero attached hydrogens (tertiary/aromatic N) is 1.